The summed E-state index contributed by atoms with van der Waals surface area (Å²) in [6.45, 7) is 2.68. The molecule has 3 rings (SSSR count). The predicted octanol–water partition coefficient (Wildman–Crippen LogP) is 1.07. The fourth-order valence-corrected chi connectivity index (χ4v) is 2.58. The minimum Gasteiger partial charge on any atom is -0.496 e. The molecule has 0 unspecified atom stereocenters. The summed E-state index contributed by atoms with van der Waals surface area (Å²) in [4.78, 5) is 37.5. The molecule has 2 fully saturated rings. The Kier molecular flexibility index (Phi) is 6.19. The largest absolute Gasteiger partial charge is 0.496 e. The highest BCUT2D eigenvalue weighted by Crippen LogP contribution is 2.32. The molecule has 2 heterocycles. The Hall–Kier alpha value is -2.49. The van der Waals surface area contributed by atoms with Crippen molar-refractivity contribution in [2.75, 3.05) is 20.3 Å². The predicted molar refractivity (Wildman–Crippen MR) is 92.0 cm³/mol. The molecule has 0 radical (unpaired) electrons. The average Bonchev–Trinajstić information content (AvgIpc) is 2.93. The molecule has 0 saturated carbocycles. The fraction of sp³-hybridized carbons (Fsp3) is 0.500. The van der Waals surface area contributed by atoms with E-state index in [9.17, 15) is 14.4 Å². The highest BCUT2D eigenvalue weighted by atomic mass is 16.7. The molecular weight excluding hydrogens is 358 g/mol. The number of amides is 2. The van der Waals surface area contributed by atoms with Gasteiger partial charge in [0.15, 0.2) is 5.79 Å². The maximum absolute atomic E-state index is 12.5. The number of hydrogen-bond donors (Lipinski definition) is 2. The molecule has 1 spiro atoms. The lowest BCUT2D eigenvalue weighted by molar-refractivity contribution is -0.199. The Morgan fingerprint density at radius 2 is 1.89 bits per heavy atom. The van der Waals surface area contributed by atoms with Gasteiger partial charge >= 0.3 is 6.09 Å². The van der Waals surface area contributed by atoms with Gasteiger partial charge in [-0.3, -0.25) is 9.59 Å². The van der Waals surface area contributed by atoms with E-state index >= 15 is 0 Å². The number of carbonyl (C=O) groups excluding carboxylic acids is 3. The first-order chi connectivity index (χ1) is 12.6. The molecule has 9 nitrogen and oxygen atoms in total. The summed E-state index contributed by atoms with van der Waals surface area (Å²) in [5, 5.41) is 16.2. The van der Waals surface area contributed by atoms with Gasteiger partial charge in [0.2, 0.25) is 5.78 Å². The number of ether oxygens (including phenoxy) is 3. The minimum atomic E-state index is -1.65. The number of carbonyl (C=O) groups is 3. The minimum absolute atomic E-state index is 0.224. The number of hydrogen-bond acceptors (Lipinski definition) is 8. The number of rotatable bonds is 2. The van der Waals surface area contributed by atoms with Crippen molar-refractivity contribution in [1.29, 1.82) is 0 Å². The second-order valence-corrected chi connectivity index (χ2v) is 6.58. The Bertz CT molecular complexity index is 720. The van der Waals surface area contributed by atoms with Gasteiger partial charge in [0.25, 0.3) is 11.7 Å². The highest BCUT2D eigenvalue weighted by Gasteiger charge is 2.55. The van der Waals surface area contributed by atoms with Crippen molar-refractivity contribution in [2.45, 2.75) is 38.3 Å². The van der Waals surface area contributed by atoms with Gasteiger partial charge in [0.05, 0.1) is 19.3 Å². The van der Waals surface area contributed by atoms with Gasteiger partial charge in [0, 0.05) is 6.42 Å². The van der Waals surface area contributed by atoms with Gasteiger partial charge in [-0.25, -0.2) is 9.69 Å². The van der Waals surface area contributed by atoms with Gasteiger partial charge in [-0.15, -0.1) is 0 Å². The van der Waals surface area contributed by atoms with E-state index in [0.717, 1.165) is 4.90 Å². The van der Waals surface area contributed by atoms with E-state index in [2.05, 4.69) is 0 Å². The van der Waals surface area contributed by atoms with Crippen molar-refractivity contribution in [3.05, 3.63) is 29.8 Å². The molecule has 1 atom stereocenters. The van der Waals surface area contributed by atoms with E-state index in [1.807, 2.05) is 0 Å². The maximum atomic E-state index is 12.5. The molecule has 2 aliphatic rings. The standard InChI is InChI=1S/C15H15NO6.C3H8O2/c1-20-11-6-3-2-5-10(11)13(18)16-9-15(22-14(16)19)12(17)7-4-8-21-15;1-3(2,4)5/h2-3,5-6H,4,7-9H2,1H3;4-5H,1-2H3/t15-;/m0./s1. The lowest BCUT2D eigenvalue weighted by Crippen LogP contribution is -2.49. The summed E-state index contributed by atoms with van der Waals surface area (Å²) in [5.74, 6) is -3.70. The first-order valence-corrected chi connectivity index (χ1v) is 8.37. The Balaban J connectivity index is 0.000000465. The molecule has 0 aliphatic carbocycles. The number of methoxy groups -OCH3 is 1. The van der Waals surface area contributed by atoms with Crippen LogP contribution in [0, 0.1) is 0 Å². The molecule has 1 aromatic carbocycles. The molecule has 1 aromatic rings. The van der Waals surface area contributed by atoms with E-state index in [-0.39, 0.29) is 24.3 Å². The first kappa shape index (κ1) is 20.8. The lowest BCUT2D eigenvalue weighted by atomic mass is 10.0. The van der Waals surface area contributed by atoms with Crippen LogP contribution in [0.2, 0.25) is 0 Å². The number of aliphatic hydroxyl groups is 2. The summed E-state index contributed by atoms with van der Waals surface area (Å²) in [7, 11) is 1.43. The Morgan fingerprint density at radius 3 is 2.48 bits per heavy atom. The smallest absolute Gasteiger partial charge is 0.420 e. The number of imide groups is 1. The van der Waals surface area contributed by atoms with Crippen LogP contribution >= 0.6 is 0 Å². The van der Waals surface area contributed by atoms with Gasteiger partial charge in [-0.1, -0.05) is 12.1 Å². The van der Waals surface area contributed by atoms with Crippen LogP contribution in [0.25, 0.3) is 0 Å². The van der Waals surface area contributed by atoms with Crippen molar-refractivity contribution in [3.8, 4) is 5.75 Å². The molecule has 2 saturated heterocycles. The number of nitrogens with zero attached hydrogens (tertiary/aromatic N) is 1. The lowest BCUT2D eigenvalue weighted by Gasteiger charge is -2.28. The molecule has 0 bridgehead atoms. The normalized spacial score (nSPS) is 22.2. The second-order valence-electron chi connectivity index (χ2n) is 6.58. The summed E-state index contributed by atoms with van der Waals surface area (Å²) in [6.07, 6.45) is -0.0334. The van der Waals surface area contributed by atoms with Crippen LogP contribution in [0.1, 0.15) is 37.0 Å². The third kappa shape index (κ3) is 5.03. The van der Waals surface area contributed by atoms with E-state index in [1.165, 1.54) is 21.0 Å². The van der Waals surface area contributed by atoms with Crippen molar-refractivity contribution in [1.82, 2.24) is 4.90 Å². The van der Waals surface area contributed by atoms with Crippen LogP contribution in [0.4, 0.5) is 4.79 Å². The molecule has 2 amide bonds. The Labute approximate surface area is 156 Å². The summed E-state index contributed by atoms with van der Waals surface area (Å²) in [6, 6.07) is 6.54. The van der Waals surface area contributed by atoms with Crippen molar-refractivity contribution >= 4 is 17.8 Å². The quantitative estimate of drug-likeness (QED) is 0.730. The number of Topliss-reactive ketones (excluding diaryl/α,β-unsaturated/α-hetero) is 1. The summed E-state index contributed by atoms with van der Waals surface area (Å²) in [5.41, 5.74) is 0.224. The molecule has 9 heteroatoms. The van der Waals surface area contributed by atoms with Crippen LogP contribution < -0.4 is 4.74 Å². The SMILES string of the molecule is CC(C)(O)O.COc1ccccc1C(=O)N1C[C@]2(OCCCC2=O)OC1=O. The third-order valence-electron chi connectivity index (χ3n) is 3.73. The molecule has 27 heavy (non-hydrogen) atoms. The van der Waals surface area contributed by atoms with Gasteiger partial charge in [-0.2, -0.15) is 0 Å². The first-order valence-electron chi connectivity index (χ1n) is 8.37. The molecular formula is C18H23NO8. The van der Waals surface area contributed by atoms with Gasteiger partial charge < -0.3 is 24.4 Å². The van der Waals surface area contributed by atoms with Crippen molar-refractivity contribution < 1.29 is 38.8 Å². The van der Waals surface area contributed by atoms with Crippen LogP contribution in [0.3, 0.4) is 0 Å². The Morgan fingerprint density at radius 1 is 1.26 bits per heavy atom. The monoisotopic (exact) mass is 381 g/mol. The molecule has 148 valence electrons. The third-order valence-corrected chi connectivity index (χ3v) is 3.73. The average molecular weight is 381 g/mol. The second kappa shape index (κ2) is 8.03. The van der Waals surface area contributed by atoms with E-state index in [1.54, 1.807) is 24.3 Å². The zero-order valence-electron chi connectivity index (χ0n) is 15.4. The van der Waals surface area contributed by atoms with Crippen molar-refractivity contribution in [2.24, 2.45) is 0 Å². The van der Waals surface area contributed by atoms with Crippen LogP contribution in [-0.4, -0.2) is 64.7 Å². The number of benzene rings is 1. The highest BCUT2D eigenvalue weighted by molar-refractivity contribution is 6.07. The van der Waals surface area contributed by atoms with Crippen LogP contribution in [0.5, 0.6) is 5.75 Å². The zero-order chi connectivity index (χ0) is 20.2. The van der Waals surface area contributed by atoms with Gasteiger partial charge in [0.1, 0.15) is 12.3 Å². The maximum Gasteiger partial charge on any atom is 0.420 e. The fourth-order valence-electron chi connectivity index (χ4n) is 2.58. The molecule has 0 aromatic heterocycles. The van der Waals surface area contributed by atoms with Crippen molar-refractivity contribution in [3.63, 3.8) is 0 Å². The van der Waals surface area contributed by atoms with E-state index in [4.69, 9.17) is 24.4 Å². The molecule has 2 N–H and O–H groups in total. The van der Waals surface area contributed by atoms with Gasteiger partial charge in [-0.05, 0) is 32.4 Å². The van der Waals surface area contributed by atoms with Crippen LogP contribution in [-0.2, 0) is 14.3 Å². The zero-order valence-corrected chi connectivity index (χ0v) is 15.4. The van der Waals surface area contributed by atoms with E-state index < -0.39 is 23.6 Å². The van der Waals surface area contributed by atoms with Crippen LogP contribution in [0.15, 0.2) is 24.3 Å². The number of ketones is 1. The topological polar surface area (TPSA) is 123 Å². The molecule has 2 aliphatic heterocycles. The number of para-hydroxylation sites is 1. The summed E-state index contributed by atoms with van der Waals surface area (Å²) < 4.78 is 15.6. The van der Waals surface area contributed by atoms with E-state index in [0.29, 0.717) is 18.8 Å². The summed E-state index contributed by atoms with van der Waals surface area (Å²) >= 11 is 0.